The van der Waals surface area contributed by atoms with Gasteiger partial charge in [0.15, 0.2) is 5.65 Å². The quantitative estimate of drug-likeness (QED) is 0.903. The van der Waals surface area contributed by atoms with E-state index in [4.69, 9.17) is 5.73 Å². The lowest BCUT2D eigenvalue weighted by molar-refractivity contribution is 0.326. The Labute approximate surface area is 107 Å². The third-order valence-corrected chi connectivity index (χ3v) is 4.02. The minimum Gasteiger partial charge on any atom is -0.369 e. The van der Waals surface area contributed by atoms with Crippen LogP contribution in [0.1, 0.15) is 38.5 Å². The van der Waals surface area contributed by atoms with Crippen molar-refractivity contribution in [1.29, 1.82) is 0 Å². The molecule has 0 bridgehead atoms. The Balaban J connectivity index is 1.75. The predicted octanol–water partition coefficient (Wildman–Crippen LogP) is 2.98. The number of pyridine rings is 1. The number of anilines is 1. The lowest BCUT2D eigenvalue weighted by atomic mass is 9.87. The SMILES string of the molecule is Nc1nc2cccnc2n1CCC1CCCCC1. The van der Waals surface area contributed by atoms with Crippen LogP contribution in [0, 0.1) is 5.92 Å². The fraction of sp³-hybridized carbons (Fsp3) is 0.571. The fourth-order valence-electron chi connectivity index (χ4n) is 2.98. The van der Waals surface area contributed by atoms with Crippen LogP contribution in [0.5, 0.6) is 0 Å². The van der Waals surface area contributed by atoms with Crippen LogP contribution < -0.4 is 5.73 Å². The van der Waals surface area contributed by atoms with E-state index in [0.29, 0.717) is 5.95 Å². The van der Waals surface area contributed by atoms with Crippen LogP contribution in [0.25, 0.3) is 11.2 Å². The number of nitrogens with two attached hydrogens (primary N) is 1. The minimum atomic E-state index is 0.597. The summed E-state index contributed by atoms with van der Waals surface area (Å²) in [6.45, 7) is 0.948. The number of rotatable bonds is 3. The van der Waals surface area contributed by atoms with Gasteiger partial charge in [0.1, 0.15) is 5.52 Å². The highest BCUT2D eigenvalue weighted by atomic mass is 15.2. The van der Waals surface area contributed by atoms with Crippen LogP contribution in [0.15, 0.2) is 18.3 Å². The van der Waals surface area contributed by atoms with Gasteiger partial charge in [-0.3, -0.25) is 4.57 Å². The Morgan fingerprint density at radius 3 is 2.94 bits per heavy atom. The lowest BCUT2D eigenvalue weighted by Crippen LogP contribution is -2.11. The first-order valence-corrected chi connectivity index (χ1v) is 6.91. The second-order valence-corrected chi connectivity index (χ2v) is 5.26. The van der Waals surface area contributed by atoms with Crippen LogP contribution >= 0.6 is 0 Å². The molecule has 1 fully saturated rings. The van der Waals surface area contributed by atoms with Gasteiger partial charge in [0.25, 0.3) is 0 Å². The first kappa shape index (κ1) is 11.5. The van der Waals surface area contributed by atoms with Gasteiger partial charge in [0.2, 0.25) is 5.95 Å². The Hall–Kier alpha value is -1.58. The van der Waals surface area contributed by atoms with Gasteiger partial charge < -0.3 is 5.73 Å². The molecule has 2 aromatic rings. The number of fused-ring (bicyclic) bond motifs is 1. The monoisotopic (exact) mass is 244 g/mol. The molecular formula is C14H20N4. The third-order valence-electron chi connectivity index (χ3n) is 4.02. The zero-order chi connectivity index (χ0) is 12.4. The second kappa shape index (κ2) is 4.96. The van der Waals surface area contributed by atoms with Gasteiger partial charge in [0.05, 0.1) is 0 Å². The zero-order valence-corrected chi connectivity index (χ0v) is 10.7. The molecule has 2 heterocycles. The van der Waals surface area contributed by atoms with E-state index in [-0.39, 0.29) is 0 Å². The molecule has 0 radical (unpaired) electrons. The van der Waals surface area contributed by atoms with Crippen molar-refractivity contribution in [3.05, 3.63) is 18.3 Å². The van der Waals surface area contributed by atoms with Gasteiger partial charge >= 0.3 is 0 Å². The molecule has 4 heteroatoms. The van der Waals surface area contributed by atoms with Crippen molar-refractivity contribution >= 4 is 17.1 Å². The maximum Gasteiger partial charge on any atom is 0.202 e. The zero-order valence-electron chi connectivity index (χ0n) is 10.7. The van der Waals surface area contributed by atoms with E-state index in [1.54, 1.807) is 6.20 Å². The van der Waals surface area contributed by atoms with Crippen molar-refractivity contribution < 1.29 is 0 Å². The van der Waals surface area contributed by atoms with Crippen LogP contribution in [0.4, 0.5) is 5.95 Å². The smallest absolute Gasteiger partial charge is 0.202 e. The molecule has 2 aromatic heterocycles. The molecule has 1 aliphatic rings. The third kappa shape index (κ3) is 2.19. The average molecular weight is 244 g/mol. The molecule has 2 N–H and O–H groups in total. The largest absolute Gasteiger partial charge is 0.369 e. The van der Waals surface area contributed by atoms with Crippen molar-refractivity contribution in [2.75, 3.05) is 5.73 Å². The first-order valence-electron chi connectivity index (χ1n) is 6.91. The minimum absolute atomic E-state index is 0.597. The van der Waals surface area contributed by atoms with Gasteiger partial charge in [0, 0.05) is 12.7 Å². The second-order valence-electron chi connectivity index (χ2n) is 5.26. The average Bonchev–Trinajstić information content (AvgIpc) is 2.73. The summed E-state index contributed by atoms with van der Waals surface area (Å²) in [5, 5.41) is 0. The Morgan fingerprint density at radius 2 is 2.11 bits per heavy atom. The molecule has 18 heavy (non-hydrogen) atoms. The number of imidazole rings is 1. The van der Waals surface area contributed by atoms with Gasteiger partial charge in [-0.15, -0.1) is 0 Å². The van der Waals surface area contributed by atoms with Crippen LogP contribution in [-0.4, -0.2) is 14.5 Å². The number of aryl methyl sites for hydroxylation is 1. The van der Waals surface area contributed by atoms with Crippen molar-refractivity contribution in [2.45, 2.75) is 45.1 Å². The van der Waals surface area contributed by atoms with E-state index < -0.39 is 0 Å². The molecule has 0 atom stereocenters. The maximum atomic E-state index is 5.98. The van der Waals surface area contributed by atoms with Crippen LogP contribution in [-0.2, 0) is 6.54 Å². The molecular weight excluding hydrogens is 224 g/mol. The van der Waals surface area contributed by atoms with Crippen molar-refractivity contribution in [3.8, 4) is 0 Å². The maximum absolute atomic E-state index is 5.98. The normalized spacial score (nSPS) is 17.3. The number of aromatic nitrogens is 3. The number of nitrogen functional groups attached to an aromatic ring is 1. The Bertz CT molecular complexity index is 526. The van der Waals surface area contributed by atoms with Gasteiger partial charge in [-0.2, -0.15) is 0 Å². The summed E-state index contributed by atoms with van der Waals surface area (Å²) < 4.78 is 2.06. The molecule has 1 saturated carbocycles. The molecule has 0 amide bonds. The predicted molar refractivity (Wildman–Crippen MR) is 73.1 cm³/mol. The highest BCUT2D eigenvalue weighted by Gasteiger charge is 2.15. The first-order chi connectivity index (χ1) is 8.84. The molecule has 0 saturated heterocycles. The summed E-state index contributed by atoms with van der Waals surface area (Å²) in [4.78, 5) is 8.74. The molecule has 4 nitrogen and oxygen atoms in total. The molecule has 0 spiro atoms. The molecule has 0 unspecified atom stereocenters. The van der Waals surface area contributed by atoms with Crippen LogP contribution in [0.3, 0.4) is 0 Å². The van der Waals surface area contributed by atoms with E-state index in [2.05, 4.69) is 14.5 Å². The van der Waals surface area contributed by atoms with E-state index in [0.717, 1.165) is 23.6 Å². The van der Waals surface area contributed by atoms with Gasteiger partial charge in [-0.1, -0.05) is 32.1 Å². The number of hydrogen-bond donors (Lipinski definition) is 1. The summed E-state index contributed by atoms with van der Waals surface area (Å²) in [5.41, 5.74) is 7.80. The van der Waals surface area contributed by atoms with Crippen molar-refractivity contribution in [2.24, 2.45) is 5.92 Å². The molecule has 1 aliphatic carbocycles. The topological polar surface area (TPSA) is 56.7 Å². The summed E-state index contributed by atoms with van der Waals surface area (Å²) >= 11 is 0. The summed E-state index contributed by atoms with van der Waals surface area (Å²) in [7, 11) is 0. The van der Waals surface area contributed by atoms with E-state index in [1.165, 1.54) is 38.5 Å². The molecule has 0 aliphatic heterocycles. The molecule has 0 aromatic carbocycles. The number of nitrogens with zero attached hydrogens (tertiary/aromatic N) is 3. The summed E-state index contributed by atoms with van der Waals surface area (Å²) in [5.74, 6) is 1.46. The standard InChI is InChI=1S/C14H20N4/c15-14-17-12-7-4-9-16-13(12)18(14)10-8-11-5-2-1-3-6-11/h4,7,9,11H,1-3,5-6,8,10H2,(H2,15,17). The molecule has 3 rings (SSSR count). The molecule has 96 valence electrons. The van der Waals surface area contributed by atoms with Crippen molar-refractivity contribution in [1.82, 2.24) is 14.5 Å². The Morgan fingerprint density at radius 1 is 1.28 bits per heavy atom. The van der Waals surface area contributed by atoms with E-state index >= 15 is 0 Å². The summed E-state index contributed by atoms with van der Waals surface area (Å²) in [6.07, 6.45) is 9.95. The lowest BCUT2D eigenvalue weighted by Gasteiger charge is -2.21. The number of hydrogen-bond acceptors (Lipinski definition) is 3. The van der Waals surface area contributed by atoms with Crippen LogP contribution in [0.2, 0.25) is 0 Å². The highest BCUT2D eigenvalue weighted by Crippen LogP contribution is 2.27. The summed E-state index contributed by atoms with van der Waals surface area (Å²) in [6, 6.07) is 3.87. The van der Waals surface area contributed by atoms with E-state index in [1.807, 2.05) is 12.1 Å². The van der Waals surface area contributed by atoms with Gasteiger partial charge in [-0.05, 0) is 24.5 Å². The van der Waals surface area contributed by atoms with Crippen molar-refractivity contribution in [3.63, 3.8) is 0 Å². The fourth-order valence-corrected chi connectivity index (χ4v) is 2.98. The van der Waals surface area contributed by atoms with E-state index in [9.17, 15) is 0 Å². The highest BCUT2D eigenvalue weighted by molar-refractivity contribution is 5.73. The van der Waals surface area contributed by atoms with Gasteiger partial charge in [-0.25, -0.2) is 9.97 Å². The Kier molecular flexibility index (Phi) is 3.17.